The van der Waals surface area contributed by atoms with Crippen molar-refractivity contribution in [1.29, 1.82) is 0 Å². The molecule has 1 fully saturated rings. The Morgan fingerprint density at radius 2 is 1.88 bits per heavy atom. The van der Waals surface area contributed by atoms with Gasteiger partial charge in [0, 0.05) is 33.2 Å². The highest BCUT2D eigenvalue weighted by atomic mass is 16.4. The Morgan fingerprint density at radius 1 is 1.35 bits per heavy atom. The van der Waals surface area contributed by atoms with E-state index in [0.29, 0.717) is 0 Å². The van der Waals surface area contributed by atoms with Gasteiger partial charge >= 0.3 is 5.97 Å². The summed E-state index contributed by atoms with van der Waals surface area (Å²) in [6, 6.07) is 0. The lowest BCUT2D eigenvalue weighted by Crippen LogP contribution is -2.55. The SMILES string of the molecule is CN(C(=O)CN1CCNCC1)C(C)(C)C(=O)O. The predicted molar refractivity (Wildman–Crippen MR) is 63.8 cm³/mol. The minimum Gasteiger partial charge on any atom is -0.480 e. The van der Waals surface area contributed by atoms with E-state index in [-0.39, 0.29) is 12.5 Å². The molecule has 0 unspecified atom stereocenters. The normalized spacial score (nSPS) is 17.8. The second-order valence-electron chi connectivity index (χ2n) is 4.84. The molecule has 1 aliphatic rings. The summed E-state index contributed by atoms with van der Waals surface area (Å²) in [5, 5.41) is 12.3. The molecule has 0 bridgehead atoms. The Morgan fingerprint density at radius 3 is 2.35 bits per heavy atom. The summed E-state index contributed by atoms with van der Waals surface area (Å²) in [4.78, 5) is 26.3. The number of nitrogens with one attached hydrogen (secondary N) is 1. The quantitative estimate of drug-likeness (QED) is 0.677. The molecular formula is C11H21N3O3. The van der Waals surface area contributed by atoms with Gasteiger partial charge in [0.1, 0.15) is 5.54 Å². The first-order valence-corrected chi connectivity index (χ1v) is 5.79. The van der Waals surface area contributed by atoms with Crippen LogP contribution in [0.4, 0.5) is 0 Å². The molecule has 98 valence electrons. The summed E-state index contributed by atoms with van der Waals surface area (Å²) in [5.41, 5.74) is -1.16. The highest BCUT2D eigenvalue weighted by Gasteiger charge is 2.35. The summed E-state index contributed by atoms with van der Waals surface area (Å²) < 4.78 is 0. The van der Waals surface area contributed by atoms with Crippen molar-refractivity contribution in [3.05, 3.63) is 0 Å². The number of rotatable bonds is 4. The van der Waals surface area contributed by atoms with Crippen molar-refractivity contribution in [2.45, 2.75) is 19.4 Å². The van der Waals surface area contributed by atoms with Crippen molar-refractivity contribution < 1.29 is 14.7 Å². The summed E-state index contributed by atoms with van der Waals surface area (Å²) in [6.07, 6.45) is 0. The molecule has 0 aromatic rings. The second kappa shape index (κ2) is 5.46. The number of amides is 1. The molecule has 0 aromatic carbocycles. The number of carboxylic acids is 1. The van der Waals surface area contributed by atoms with Crippen LogP contribution >= 0.6 is 0 Å². The van der Waals surface area contributed by atoms with Gasteiger partial charge in [-0.15, -0.1) is 0 Å². The number of nitrogens with zero attached hydrogens (tertiary/aromatic N) is 2. The number of likely N-dealkylation sites (N-methyl/N-ethyl adjacent to an activating group) is 1. The van der Waals surface area contributed by atoms with E-state index in [4.69, 9.17) is 5.11 Å². The summed E-state index contributed by atoms with van der Waals surface area (Å²) in [7, 11) is 1.54. The standard InChI is InChI=1S/C11H21N3O3/c1-11(2,10(16)17)13(3)9(15)8-14-6-4-12-5-7-14/h12H,4-8H2,1-3H3,(H,16,17). The number of carbonyl (C=O) groups is 2. The number of hydrogen-bond donors (Lipinski definition) is 2. The van der Waals surface area contributed by atoms with Gasteiger partial charge in [0.15, 0.2) is 0 Å². The fraction of sp³-hybridized carbons (Fsp3) is 0.818. The van der Waals surface area contributed by atoms with Crippen molar-refractivity contribution in [2.75, 3.05) is 39.8 Å². The summed E-state index contributed by atoms with van der Waals surface area (Å²) >= 11 is 0. The molecule has 17 heavy (non-hydrogen) atoms. The van der Waals surface area contributed by atoms with E-state index >= 15 is 0 Å². The van der Waals surface area contributed by atoms with Gasteiger partial charge in [-0.2, -0.15) is 0 Å². The van der Waals surface area contributed by atoms with E-state index in [2.05, 4.69) is 5.32 Å². The molecule has 0 aromatic heterocycles. The number of aliphatic carboxylic acids is 1. The average molecular weight is 243 g/mol. The Bertz CT molecular complexity index is 298. The zero-order chi connectivity index (χ0) is 13.1. The van der Waals surface area contributed by atoms with Crippen molar-refractivity contribution in [3.8, 4) is 0 Å². The summed E-state index contributed by atoms with van der Waals surface area (Å²) in [6.45, 7) is 6.75. The van der Waals surface area contributed by atoms with Gasteiger partial charge in [0.25, 0.3) is 0 Å². The van der Waals surface area contributed by atoms with Crippen LogP contribution in [0.25, 0.3) is 0 Å². The fourth-order valence-corrected chi connectivity index (χ4v) is 1.62. The average Bonchev–Trinajstić information content (AvgIpc) is 2.29. The van der Waals surface area contributed by atoms with Gasteiger partial charge in [-0.1, -0.05) is 0 Å². The van der Waals surface area contributed by atoms with Crippen LogP contribution < -0.4 is 5.32 Å². The predicted octanol–water partition coefficient (Wildman–Crippen LogP) is -0.787. The molecular weight excluding hydrogens is 222 g/mol. The van der Waals surface area contributed by atoms with E-state index in [0.717, 1.165) is 26.2 Å². The first-order valence-electron chi connectivity index (χ1n) is 5.79. The van der Waals surface area contributed by atoms with Crippen LogP contribution in [0.3, 0.4) is 0 Å². The number of carbonyl (C=O) groups excluding carboxylic acids is 1. The molecule has 0 saturated carbocycles. The van der Waals surface area contributed by atoms with Crippen LogP contribution in [0.15, 0.2) is 0 Å². The topological polar surface area (TPSA) is 72.9 Å². The summed E-state index contributed by atoms with van der Waals surface area (Å²) in [5.74, 6) is -1.15. The maximum atomic E-state index is 12.0. The Hall–Kier alpha value is -1.14. The number of carboxylic acid groups (broad SMARTS) is 1. The molecule has 0 aliphatic carbocycles. The molecule has 2 N–H and O–H groups in total. The third kappa shape index (κ3) is 3.41. The first-order chi connectivity index (χ1) is 7.85. The number of hydrogen-bond acceptors (Lipinski definition) is 4. The van der Waals surface area contributed by atoms with Gasteiger partial charge in [0.05, 0.1) is 6.54 Å². The lowest BCUT2D eigenvalue weighted by atomic mass is 10.0. The van der Waals surface area contributed by atoms with E-state index in [1.807, 2.05) is 4.90 Å². The van der Waals surface area contributed by atoms with Gasteiger partial charge in [-0.05, 0) is 13.8 Å². The van der Waals surface area contributed by atoms with Crippen molar-refractivity contribution >= 4 is 11.9 Å². The van der Waals surface area contributed by atoms with Crippen molar-refractivity contribution in [3.63, 3.8) is 0 Å². The van der Waals surface area contributed by atoms with Gasteiger partial charge in [-0.3, -0.25) is 9.69 Å². The Labute approximate surface area is 102 Å². The van der Waals surface area contributed by atoms with E-state index < -0.39 is 11.5 Å². The molecule has 0 spiro atoms. The molecule has 6 nitrogen and oxygen atoms in total. The maximum Gasteiger partial charge on any atom is 0.329 e. The third-order valence-electron chi connectivity index (χ3n) is 3.30. The molecule has 1 saturated heterocycles. The van der Waals surface area contributed by atoms with E-state index in [1.54, 1.807) is 7.05 Å². The first kappa shape index (κ1) is 13.9. The van der Waals surface area contributed by atoms with Crippen LogP contribution in [0.5, 0.6) is 0 Å². The number of piperazine rings is 1. The zero-order valence-electron chi connectivity index (χ0n) is 10.7. The fourth-order valence-electron chi connectivity index (χ4n) is 1.62. The van der Waals surface area contributed by atoms with Crippen LogP contribution in [0, 0.1) is 0 Å². The highest BCUT2D eigenvalue weighted by Crippen LogP contribution is 2.13. The van der Waals surface area contributed by atoms with Crippen molar-refractivity contribution in [1.82, 2.24) is 15.1 Å². The van der Waals surface area contributed by atoms with Crippen LogP contribution in [0.1, 0.15) is 13.8 Å². The molecule has 0 atom stereocenters. The molecule has 1 aliphatic heterocycles. The lowest BCUT2D eigenvalue weighted by Gasteiger charge is -2.34. The van der Waals surface area contributed by atoms with Gasteiger partial charge in [0.2, 0.25) is 5.91 Å². The third-order valence-corrected chi connectivity index (χ3v) is 3.30. The minimum atomic E-state index is -1.16. The molecule has 1 amide bonds. The van der Waals surface area contributed by atoms with E-state index in [9.17, 15) is 9.59 Å². The molecule has 1 rings (SSSR count). The minimum absolute atomic E-state index is 0.153. The smallest absolute Gasteiger partial charge is 0.329 e. The monoisotopic (exact) mass is 243 g/mol. The second-order valence-corrected chi connectivity index (χ2v) is 4.84. The Balaban J connectivity index is 2.54. The Kier molecular flexibility index (Phi) is 4.47. The maximum absolute atomic E-state index is 12.0. The molecule has 0 radical (unpaired) electrons. The zero-order valence-corrected chi connectivity index (χ0v) is 10.7. The van der Waals surface area contributed by atoms with E-state index in [1.165, 1.54) is 18.7 Å². The molecule has 6 heteroatoms. The van der Waals surface area contributed by atoms with Crippen LogP contribution in [-0.4, -0.2) is 72.1 Å². The lowest BCUT2D eigenvalue weighted by molar-refractivity contribution is -0.155. The van der Waals surface area contributed by atoms with Crippen LogP contribution in [-0.2, 0) is 9.59 Å². The van der Waals surface area contributed by atoms with Gasteiger partial charge < -0.3 is 15.3 Å². The largest absolute Gasteiger partial charge is 0.480 e. The van der Waals surface area contributed by atoms with Crippen molar-refractivity contribution in [2.24, 2.45) is 0 Å². The molecule has 1 heterocycles. The highest BCUT2D eigenvalue weighted by molar-refractivity contribution is 5.87. The van der Waals surface area contributed by atoms with Crippen LogP contribution in [0.2, 0.25) is 0 Å². The van der Waals surface area contributed by atoms with Gasteiger partial charge in [-0.25, -0.2) is 4.79 Å².